The predicted molar refractivity (Wildman–Crippen MR) is 61.5 cm³/mol. The van der Waals surface area contributed by atoms with Gasteiger partial charge in [0.25, 0.3) is 0 Å². The molecular weight excluding hydrogens is 313 g/mol. The van der Waals surface area contributed by atoms with Gasteiger partial charge in [0.1, 0.15) is 6.33 Å². The zero-order valence-corrected chi connectivity index (χ0v) is 10.2. The predicted octanol–water partition coefficient (Wildman–Crippen LogP) is 1.71. The number of hydrogen-bond acceptors (Lipinski definition) is 4. The summed E-state index contributed by atoms with van der Waals surface area (Å²) >= 11 is 3.73. The van der Waals surface area contributed by atoms with Gasteiger partial charge in [0.05, 0.1) is 2.88 Å². The Kier molecular flexibility index (Phi) is 2.64. The van der Waals surface area contributed by atoms with Gasteiger partial charge in [0.2, 0.25) is 11.6 Å². The summed E-state index contributed by atoms with van der Waals surface area (Å²) in [6, 6.07) is 1.85. The summed E-state index contributed by atoms with van der Waals surface area (Å²) in [6.07, 6.45) is 1.52. The van der Waals surface area contributed by atoms with E-state index in [2.05, 4.69) is 32.8 Å². The zero-order valence-electron chi connectivity index (χ0n) is 7.27. The Morgan fingerprint density at radius 1 is 1.64 bits per heavy atom. The number of carbonyl (C=O) groups is 1. The van der Waals surface area contributed by atoms with Gasteiger partial charge >= 0.3 is 0 Å². The molecule has 2 aromatic heterocycles. The van der Waals surface area contributed by atoms with Crippen LogP contribution in [0.15, 0.2) is 17.8 Å². The highest BCUT2D eigenvalue weighted by atomic mass is 127. The topological polar surface area (TPSA) is 47.8 Å². The average molecular weight is 319 g/mol. The lowest BCUT2D eigenvalue weighted by Crippen LogP contribution is -2.07. The number of hydrogen-bond donors (Lipinski definition) is 0. The third-order valence-corrected chi connectivity index (χ3v) is 3.53. The van der Waals surface area contributed by atoms with Crippen LogP contribution in [0.3, 0.4) is 0 Å². The van der Waals surface area contributed by atoms with Crippen LogP contribution < -0.4 is 0 Å². The number of aromatic nitrogens is 3. The van der Waals surface area contributed by atoms with E-state index in [9.17, 15) is 4.79 Å². The van der Waals surface area contributed by atoms with Gasteiger partial charge in [0.15, 0.2) is 0 Å². The molecule has 0 saturated heterocycles. The van der Waals surface area contributed by atoms with Gasteiger partial charge in [-0.15, -0.1) is 21.5 Å². The number of ketones is 1. The van der Waals surface area contributed by atoms with Crippen molar-refractivity contribution in [3.8, 4) is 0 Å². The number of halogens is 1. The Morgan fingerprint density at radius 2 is 2.43 bits per heavy atom. The summed E-state index contributed by atoms with van der Waals surface area (Å²) in [6.45, 7) is 0. The van der Waals surface area contributed by atoms with E-state index in [-0.39, 0.29) is 5.78 Å². The first-order valence-corrected chi connectivity index (χ1v) is 5.77. The molecule has 0 bridgehead atoms. The fourth-order valence-corrected chi connectivity index (χ4v) is 2.37. The molecule has 0 amide bonds. The van der Waals surface area contributed by atoms with E-state index in [1.54, 1.807) is 23.0 Å². The van der Waals surface area contributed by atoms with Crippen LogP contribution in [0.2, 0.25) is 0 Å². The lowest BCUT2D eigenvalue weighted by Gasteiger charge is -1.95. The molecule has 0 N–H and O–H groups in total. The molecule has 2 rings (SSSR count). The van der Waals surface area contributed by atoms with E-state index in [1.165, 1.54) is 6.33 Å². The Hall–Kier alpha value is -0.760. The maximum Gasteiger partial charge on any atom is 0.231 e. The van der Waals surface area contributed by atoms with Crippen LogP contribution in [0.5, 0.6) is 0 Å². The molecule has 0 aliphatic heterocycles. The Balaban J connectivity index is 2.38. The lowest BCUT2D eigenvalue weighted by molar-refractivity contribution is 0.102. The maximum absolute atomic E-state index is 11.8. The van der Waals surface area contributed by atoms with Gasteiger partial charge in [-0.1, -0.05) is 0 Å². The largest absolute Gasteiger partial charge is 0.314 e. The quantitative estimate of drug-likeness (QED) is 0.625. The Labute approximate surface area is 98.1 Å². The number of nitrogens with zero attached hydrogens (tertiary/aromatic N) is 3. The summed E-state index contributed by atoms with van der Waals surface area (Å²) < 4.78 is 2.71. The van der Waals surface area contributed by atoms with E-state index >= 15 is 0 Å². The first kappa shape index (κ1) is 9.78. The Morgan fingerprint density at radius 3 is 2.93 bits per heavy atom. The van der Waals surface area contributed by atoms with Gasteiger partial charge in [-0.2, -0.15) is 0 Å². The molecule has 14 heavy (non-hydrogen) atoms. The van der Waals surface area contributed by atoms with Gasteiger partial charge in [0, 0.05) is 18.0 Å². The molecule has 0 radical (unpaired) electrons. The molecule has 0 saturated carbocycles. The molecule has 4 nitrogen and oxygen atoms in total. The minimum absolute atomic E-state index is 0.0795. The van der Waals surface area contributed by atoms with E-state index < -0.39 is 0 Å². The zero-order chi connectivity index (χ0) is 10.1. The molecule has 0 atom stereocenters. The monoisotopic (exact) mass is 319 g/mol. The van der Waals surface area contributed by atoms with Crippen LogP contribution in [0.25, 0.3) is 0 Å². The van der Waals surface area contributed by atoms with Crippen LogP contribution in [-0.4, -0.2) is 20.5 Å². The summed E-state index contributed by atoms with van der Waals surface area (Å²) in [5.41, 5.74) is 0.676. The van der Waals surface area contributed by atoms with E-state index in [0.29, 0.717) is 11.4 Å². The summed E-state index contributed by atoms with van der Waals surface area (Å²) in [5.74, 6) is 0.295. The molecule has 0 aliphatic carbocycles. The van der Waals surface area contributed by atoms with Crippen molar-refractivity contribution in [3.05, 3.63) is 32.0 Å². The second-order valence-corrected chi connectivity index (χ2v) is 5.54. The molecular formula is C8H6IN3OS. The number of thiophene rings is 1. The fraction of sp³-hybridized carbons (Fsp3) is 0.125. The third kappa shape index (κ3) is 1.71. The van der Waals surface area contributed by atoms with Crippen molar-refractivity contribution < 1.29 is 4.79 Å². The van der Waals surface area contributed by atoms with Gasteiger partial charge in [-0.3, -0.25) is 4.79 Å². The van der Waals surface area contributed by atoms with E-state index in [0.717, 1.165) is 2.88 Å². The van der Waals surface area contributed by atoms with Crippen LogP contribution >= 0.6 is 33.9 Å². The second kappa shape index (κ2) is 3.77. The SMILES string of the molecule is Cn1cnnc1C(=O)c1csc(I)c1. The highest BCUT2D eigenvalue weighted by Gasteiger charge is 2.15. The summed E-state index contributed by atoms with van der Waals surface area (Å²) in [7, 11) is 1.75. The van der Waals surface area contributed by atoms with Crippen molar-refractivity contribution in [2.75, 3.05) is 0 Å². The molecule has 6 heteroatoms. The van der Waals surface area contributed by atoms with Crippen LogP contribution in [0.1, 0.15) is 16.2 Å². The summed E-state index contributed by atoms with van der Waals surface area (Å²) in [5, 5.41) is 9.27. The number of carbonyl (C=O) groups excluding carboxylic acids is 1. The van der Waals surface area contributed by atoms with Gasteiger partial charge in [-0.25, -0.2) is 0 Å². The molecule has 0 spiro atoms. The first-order chi connectivity index (χ1) is 6.68. The minimum atomic E-state index is -0.0795. The normalized spacial score (nSPS) is 10.4. The highest BCUT2D eigenvalue weighted by molar-refractivity contribution is 14.1. The van der Waals surface area contributed by atoms with Crippen molar-refractivity contribution in [2.24, 2.45) is 7.05 Å². The first-order valence-electron chi connectivity index (χ1n) is 3.81. The molecule has 0 aliphatic rings. The van der Waals surface area contributed by atoms with Crippen molar-refractivity contribution in [1.82, 2.24) is 14.8 Å². The van der Waals surface area contributed by atoms with Crippen LogP contribution in [0, 0.1) is 2.88 Å². The van der Waals surface area contributed by atoms with Crippen molar-refractivity contribution in [1.29, 1.82) is 0 Å². The fourth-order valence-electron chi connectivity index (χ4n) is 1.05. The van der Waals surface area contributed by atoms with Crippen molar-refractivity contribution in [3.63, 3.8) is 0 Å². The van der Waals surface area contributed by atoms with Crippen molar-refractivity contribution >= 4 is 39.7 Å². The third-order valence-electron chi connectivity index (χ3n) is 1.74. The molecule has 2 aromatic rings. The maximum atomic E-state index is 11.8. The molecule has 0 unspecified atom stereocenters. The smallest absolute Gasteiger partial charge is 0.231 e. The van der Waals surface area contributed by atoms with Gasteiger partial charge < -0.3 is 4.57 Å². The molecule has 0 aromatic carbocycles. The lowest BCUT2D eigenvalue weighted by atomic mass is 10.2. The number of aryl methyl sites for hydroxylation is 1. The van der Waals surface area contributed by atoms with Crippen LogP contribution in [-0.2, 0) is 7.05 Å². The minimum Gasteiger partial charge on any atom is -0.314 e. The standard InChI is InChI=1S/C8H6IN3OS/c1-12-4-10-11-8(12)7(13)5-2-6(9)14-3-5/h2-4H,1H3. The van der Waals surface area contributed by atoms with Gasteiger partial charge in [-0.05, 0) is 28.7 Å². The van der Waals surface area contributed by atoms with E-state index in [4.69, 9.17) is 0 Å². The molecule has 0 fully saturated rings. The number of rotatable bonds is 2. The molecule has 72 valence electrons. The van der Waals surface area contributed by atoms with Crippen LogP contribution in [0.4, 0.5) is 0 Å². The highest BCUT2D eigenvalue weighted by Crippen LogP contribution is 2.18. The molecule has 2 heterocycles. The average Bonchev–Trinajstić information content (AvgIpc) is 2.73. The van der Waals surface area contributed by atoms with E-state index in [1.807, 2.05) is 11.4 Å². The second-order valence-electron chi connectivity index (χ2n) is 2.73. The summed E-state index contributed by atoms with van der Waals surface area (Å²) in [4.78, 5) is 11.8. The van der Waals surface area contributed by atoms with Crippen molar-refractivity contribution in [2.45, 2.75) is 0 Å². The Bertz CT molecular complexity index is 476.